The van der Waals surface area contributed by atoms with E-state index in [1.54, 1.807) is 4.90 Å². The second-order valence-electron chi connectivity index (χ2n) is 5.22. The molecule has 5 nitrogen and oxygen atoms in total. The topological polar surface area (TPSA) is 53.5 Å². The molecule has 0 aliphatic carbocycles. The maximum Gasteiger partial charge on any atom is 0.332 e. The average molecular weight is 259 g/mol. The van der Waals surface area contributed by atoms with Crippen LogP contribution in [0.2, 0.25) is 0 Å². The van der Waals surface area contributed by atoms with Gasteiger partial charge in [0.2, 0.25) is 0 Å². The van der Waals surface area contributed by atoms with Crippen molar-refractivity contribution in [2.75, 3.05) is 11.4 Å². The van der Waals surface area contributed by atoms with Crippen LogP contribution in [0.3, 0.4) is 0 Å². The molecule has 3 rings (SSSR count). The Kier molecular flexibility index (Phi) is 2.77. The normalized spacial score (nSPS) is 22.9. The second-order valence-corrected chi connectivity index (χ2v) is 5.22. The van der Waals surface area contributed by atoms with Crippen LogP contribution in [0.4, 0.5) is 10.5 Å². The largest absolute Gasteiger partial charge is 0.332 e. The summed E-state index contributed by atoms with van der Waals surface area (Å²) in [5, 5.41) is 0. The van der Waals surface area contributed by atoms with Crippen molar-refractivity contribution < 1.29 is 9.59 Å². The summed E-state index contributed by atoms with van der Waals surface area (Å²) in [6.45, 7) is 4.41. The Bertz CT molecular complexity index is 532. The molecular formula is C14H17N3O2. The smallest absolute Gasteiger partial charge is 0.312 e. The highest BCUT2D eigenvalue weighted by atomic mass is 16.2. The van der Waals surface area contributed by atoms with E-state index in [2.05, 4.69) is 4.98 Å². The molecule has 0 unspecified atom stereocenters. The monoisotopic (exact) mass is 259 g/mol. The van der Waals surface area contributed by atoms with Crippen molar-refractivity contribution >= 4 is 17.6 Å². The molecule has 0 bridgehead atoms. The van der Waals surface area contributed by atoms with E-state index >= 15 is 0 Å². The highest BCUT2D eigenvalue weighted by molar-refractivity contribution is 6.21. The number of piperidine rings is 1. The lowest BCUT2D eigenvalue weighted by atomic mass is 10.0. The summed E-state index contributed by atoms with van der Waals surface area (Å²) in [5.74, 6) is -0.0987. The minimum absolute atomic E-state index is 0.0987. The first kappa shape index (κ1) is 12.1. The van der Waals surface area contributed by atoms with Crippen molar-refractivity contribution in [3.05, 3.63) is 23.5 Å². The van der Waals surface area contributed by atoms with Gasteiger partial charge in [0, 0.05) is 12.2 Å². The minimum Gasteiger partial charge on any atom is -0.312 e. The molecular weight excluding hydrogens is 242 g/mol. The molecule has 0 N–H and O–H groups in total. The highest BCUT2D eigenvalue weighted by Gasteiger charge is 2.46. The number of urea groups is 1. The first-order valence-corrected chi connectivity index (χ1v) is 6.68. The number of amides is 3. The van der Waals surface area contributed by atoms with E-state index in [-0.39, 0.29) is 18.0 Å². The summed E-state index contributed by atoms with van der Waals surface area (Å²) in [6.07, 6.45) is 2.77. The Balaban J connectivity index is 2.00. The molecule has 100 valence electrons. The van der Waals surface area contributed by atoms with E-state index < -0.39 is 0 Å². The van der Waals surface area contributed by atoms with Gasteiger partial charge < -0.3 is 4.90 Å². The number of aromatic nitrogens is 1. The zero-order chi connectivity index (χ0) is 13.6. The molecule has 2 saturated heterocycles. The zero-order valence-corrected chi connectivity index (χ0v) is 11.2. The van der Waals surface area contributed by atoms with Gasteiger partial charge >= 0.3 is 6.03 Å². The van der Waals surface area contributed by atoms with Crippen LogP contribution >= 0.6 is 0 Å². The van der Waals surface area contributed by atoms with E-state index in [4.69, 9.17) is 0 Å². The fourth-order valence-electron chi connectivity index (χ4n) is 2.93. The van der Waals surface area contributed by atoms with Gasteiger partial charge in [0.15, 0.2) is 0 Å². The van der Waals surface area contributed by atoms with E-state index in [1.807, 2.05) is 26.0 Å². The molecule has 3 heterocycles. The average Bonchev–Trinajstić information content (AvgIpc) is 2.64. The lowest BCUT2D eigenvalue weighted by Crippen LogP contribution is -2.39. The molecule has 5 heteroatoms. The van der Waals surface area contributed by atoms with Gasteiger partial charge in [-0.2, -0.15) is 0 Å². The third-order valence-electron chi connectivity index (χ3n) is 3.88. The van der Waals surface area contributed by atoms with Crippen LogP contribution in [-0.2, 0) is 4.79 Å². The van der Waals surface area contributed by atoms with Crippen molar-refractivity contribution in [3.8, 4) is 0 Å². The van der Waals surface area contributed by atoms with E-state index in [9.17, 15) is 9.59 Å². The van der Waals surface area contributed by atoms with Crippen LogP contribution < -0.4 is 4.90 Å². The minimum atomic E-state index is -0.262. The van der Waals surface area contributed by atoms with Crippen molar-refractivity contribution in [1.82, 2.24) is 9.88 Å². The molecule has 0 aromatic carbocycles. The SMILES string of the molecule is Cc1ccc(N2C(=O)[C@H]3CCCCN3C2=O)c(C)n1. The highest BCUT2D eigenvalue weighted by Crippen LogP contribution is 2.31. The van der Waals surface area contributed by atoms with Crippen molar-refractivity contribution in [1.29, 1.82) is 0 Å². The number of carbonyl (C=O) groups excluding carboxylic acids is 2. The number of imide groups is 1. The number of anilines is 1. The Morgan fingerprint density at radius 1 is 1.21 bits per heavy atom. The Hall–Kier alpha value is -1.91. The number of rotatable bonds is 1. The number of hydrogen-bond donors (Lipinski definition) is 0. The molecule has 2 aliphatic rings. The molecule has 0 spiro atoms. The first-order valence-electron chi connectivity index (χ1n) is 6.68. The number of carbonyl (C=O) groups is 2. The van der Waals surface area contributed by atoms with Gasteiger partial charge in [-0.05, 0) is 45.2 Å². The summed E-state index contributed by atoms with van der Waals surface area (Å²) in [5.41, 5.74) is 2.23. The third-order valence-corrected chi connectivity index (χ3v) is 3.88. The summed E-state index contributed by atoms with van der Waals surface area (Å²) in [7, 11) is 0. The quantitative estimate of drug-likeness (QED) is 0.725. The third kappa shape index (κ3) is 1.80. The van der Waals surface area contributed by atoms with Crippen molar-refractivity contribution in [2.45, 2.75) is 39.2 Å². The van der Waals surface area contributed by atoms with Crippen LogP contribution in [0.15, 0.2) is 12.1 Å². The molecule has 0 saturated carbocycles. The fraction of sp³-hybridized carbons (Fsp3) is 0.500. The van der Waals surface area contributed by atoms with Crippen LogP contribution in [0.1, 0.15) is 30.7 Å². The molecule has 3 amide bonds. The van der Waals surface area contributed by atoms with Gasteiger partial charge in [0.05, 0.1) is 11.4 Å². The Labute approximate surface area is 112 Å². The van der Waals surface area contributed by atoms with Crippen LogP contribution in [-0.4, -0.2) is 34.4 Å². The predicted octanol–water partition coefficient (Wildman–Crippen LogP) is 2.02. The molecule has 2 aliphatic heterocycles. The number of fused-ring (bicyclic) bond motifs is 1. The van der Waals surface area contributed by atoms with Gasteiger partial charge in [-0.15, -0.1) is 0 Å². The molecule has 0 radical (unpaired) electrons. The Morgan fingerprint density at radius 2 is 2.00 bits per heavy atom. The van der Waals surface area contributed by atoms with E-state index in [0.717, 1.165) is 30.7 Å². The van der Waals surface area contributed by atoms with Crippen molar-refractivity contribution in [3.63, 3.8) is 0 Å². The number of pyridine rings is 1. The maximum absolute atomic E-state index is 12.4. The maximum atomic E-state index is 12.4. The van der Waals surface area contributed by atoms with Crippen LogP contribution in [0, 0.1) is 13.8 Å². The standard InChI is InChI=1S/C14H17N3O2/c1-9-6-7-11(10(2)15-9)17-13(18)12-5-3-4-8-16(12)14(17)19/h6-7,12H,3-5,8H2,1-2H3/t12-/m1/s1. The number of nitrogens with zero attached hydrogens (tertiary/aromatic N) is 3. The van der Waals surface area contributed by atoms with Crippen molar-refractivity contribution in [2.24, 2.45) is 0 Å². The van der Waals surface area contributed by atoms with Crippen LogP contribution in [0.5, 0.6) is 0 Å². The predicted molar refractivity (Wildman–Crippen MR) is 70.9 cm³/mol. The molecule has 1 aromatic rings. The summed E-state index contributed by atoms with van der Waals surface area (Å²) in [4.78, 5) is 32.2. The molecule has 1 atom stereocenters. The lowest BCUT2D eigenvalue weighted by molar-refractivity contribution is -0.120. The van der Waals surface area contributed by atoms with Gasteiger partial charge in [0.1, 0.15) is 6.04 Å². The van der Waals surface area contributed by atoms with E-state index in [0.29, 0.717) is 12.2 Å². The summed E-state index contributed by atoms with van der Waals surface area (Å²) >= 11 is 0. The van der Waals surface area contributed by atoms with Gasteiger partial charge in [-0.1, -0.05) is 0 Å². The van der Waals surface area contributed by atoms with Gasteiger partial charge in [-0.3, -0.25) is 9.78 Å². The zero-order valence-electron chi connectivity index (χ0n) is 11.2. The fourth-order valence-corrected chi connectivity index (χ4v) is 2.93. The first-order chi connectivity index (χ1) is 9.09. The Morgan fingerprint density at radius 3 is 2.68 bits per heavy atom. The van der Waals surface area contributed by atoms with E-state index in [1.165, 1.54) is 4.90 Å². The molecule has 1 aromatic heterocycles. The van der Waals surface area contributed by atoms with Gasteiger partial charge in [0.25, 0.3) is 5.91 Å². The molecule has 2 fully saturated rings. The number of hydrogen-bond acceptors (Lipinski definition) is 3. The summed E-state index contributed by atoms with van der Waals surface area (Å²) < 4.78 is 0. The second kappa shape index (κ2) is 4.33. The summed E-state index contributed by atoms with van der Waals surface area (Å²) in [6, 6.07) is 3.19. The van der Waals surface area contributed by atoms with Gasteiger partial charge in [-0.25, -0.2) is 9.69 Å². The molecule has 19 heavy (non-hydrogen) atoms. The number of aryl methyl sites for hydroxylation is 2. The van der Waals surface area contributed by atoms with Crippen LogP contribution in [0.25, 0.3) is 0 Å². The lowest BCUT2D eigenvalue weighted by Gasteiger charge is -2.26.